The van der Waals surface area contributed by atoms with Gasteiger partial charge in [-0.15, -0.1) is 0 Å². The number of nitrogens with zero attached hydrogens (tertiary/aromatic N) is 1. The molecule has 5 heteroatoms. The highest BCUT2D eigenvalue weighted by Gasteiger charge is 2.18. The van der Waals surface area contributed by atoms with Gasteiger partial charge in [0, 0.05) is 18.2 Å². The van der Waals surface area contributed by atoms with Crippen LogP contribution in [0.1, 0.15) is 17.2 Å². The second kappa shape index (κ2) is 7.74. The summed E-state index contributed by atoms with van der Waals surface area (Å²) in [6, 6.07) is 11.0. The van der Waals surface area contributed by atoms with Crippen LogP contribution in [0.25, 0.3) is 0 Å². The fourth-order valence-electron chi connectivity index (χ4n) is 2.45. The van der Waals surface area contributed by atoms with Gasteiger partial charge in [-0.3, -0.25) is 4.90 Å². The van der Waals surface area contributed by atoms with Gasteiger partial charge in [-0.2, -0.15) is 0 Å². The van der Waals surface area contributed by atoms with E-state index in [2.05, 4.69) is 0 Å². The van der Waals surface area contributed by atoms with Crippen molar-refractivity contribution in [2.75, 3.05) is 21.3 Å². The molecule has 0 aliphatic rings. The first-order chi connectivity index (χ1) is 11.1. The number of methoxy groups -OCH3 is 2. The topological polar surface area (TPSA) is 38.8 Å². The van der Waals surface area contributed by atoms with Gasteiger partial charge in [-0.1, -0.05) is 18.2 Å². The van der Waals surface area contributed by atoms with Crippen molar-refractivity contribution < 1.29 is 18.7 Å². The lowest BCUT2D eigenvalue weighted by Crippen LogP contribution is -2.25. The van der Waals surface area contributed by atoms with Crippen molar-refractivity contribution in [3.63, 3.8) is 0 Å². The van der Waals surface area contributed by atoms with Gasteiger partial charge in [0.1, 0.15) is 23.6 Å². The van der Waals surface area contributed by atoms with E-state index >= 15 is 0 Å². The number of hydrogen-bond acceptors (Lipinski definition) is 4. The van der Waals surface area contributed by atoms with Gasteiger partial charge in [0.05, 0.1) is 20.3 Å². The van der Waals surface area contributed by atoms with E-state index in [0.717, 1.165) is 17.4 Å². The predicted octanol–water partition coefficient (Wildman–Crippen LogP) is 3.21. The van der Waals surface area contributed by atoms with Gasteiger partial charge in [0.25, 0.3) is 0 Å². The maximum absolute atomic E-state index is 13.0. The monoisotopic (exact) mass is 317 g/mol. The van der Waals surface area contributed by atoms with Gasteiger partial charge < -0.3 is 14.3 Å². The molecule has 122 valence electrons. The summed E-state index contributed by atoms with van der Waals surface area (Å²) in [6.45, 7) is 0.508. The summed E-state index contributed by atoms with van der Waals surface area (Å²) in [5.74, 6) is 1.08. The highest BCUT2D eigenvalue weighted by molar-refractivity contribution is 5.61. The predicted molar refractivity (Wildman–Crippen MR) is 86.2 cm³/mol. The molecule has 0 amide bonds. The summed E-state index contributed by atoms with van der Waals surface area (Å²) in [4.78, 5) is 13.4. The Balaban J connectivity index is 2.21. The van der Waals surface area contributed by atoms with Crippen molar-refractivity contribution in [2.24, 2.45) is 0 Å². The number of aldehydes is 1. The Bertz CT molecular complexity index is 658. The van der Waals surface area contributed by atoms with Crippen molar-refractivity contribution >= 4 is 6.29 Å². The zero-order chi connectivity index (χ0) is 16.8. The molecule has 4 nitrogen and oxygen atoms in total. The second-order valence-electron chi connectivity index (χ2n) is 5.23. The van der Waals surface area contributed by atoms with Crippen molar-refractivity contribution in [3.05, 3.63) is 59.4 Å². The number of hydrogen-bond donors (Lipinski definition) is 0. The molecule has 23 heavy (non-hydrogen) atoms. The lowest BCUT2D eigenvalue weighted by molar-refractivity contribution is -0.112. The van der Waals surface area contributed by atoms with Gasteiger partial charge in [0.2, 0.25) is 0 Å². The molecule has 0 saturated carbocycles. The van der Waals surface area contributed by atoms with Crippen molar-refractivity contribution in [2.45, 2.75) is 12.6 Å². The first-order valence-electron chi connectivity index (χ1n) is 7.21. The van der Waals surface area contributed by atoms with Crippen molar-refractivity contribution in [1.29, 1.82) is 0 Å². The minimum absolute atomic E-state index is 0.321. The number of benzene rings is 2. The zero-order valence-electron chi connectivity index (χ0n) is 13.5. The Hall–Kier alpha value is -2.40. The summed E-state index contributed by atoms with van der Waals surface area (Å²) in [6.07, 6.45) is 0.850. The zero-order valence-corrected chi connectivity index (χ0v) is 13.5. The summed E-state index contributed by atoms with van der Waals surface area (Å²) in [5.41, 5.74) is 1.68. The smallest absolute Gasteiger partial charge is 0.141 e. The highest BCUT2D eigenvalue weighted by Crippen LogP contribution is 2.28. The van der Waals surface area contributed by atoms with Gasteiger partial charge >= 0.3 is 0 Å². The fourth-order valence-corrected chi connectivity index (χ4v) is 2.45. The molecular formula is C18H20FNO3. The van der Waals surface area contributed by atoms with E-state index in [4.69, 9.17) is 9.47 Å². The maximum Gasteiger partial charge on any atom is 0.141 e. The lowest BCUT2D eigenvalue weighted by Gasteiger charge is -2.25. The Morgan fingerprint density at radius 2 is 1.83 bits per heavy atom. The van der Waals surface area contributed by atoms with E-state index < -0.39 is 6.04 Å². The third-order valence-corrected chi connectivity index (χ3v) is 3.73. The Kier molecular flexibility index (Phi) is 5.71. The summed E-state index contributed by atoms with van der Waals surface area (Å²) in [5, 5.41) is 0. The van der Waals surface area contributed by atoms with Crippen LogP contribution in [0.4, 0.5) is 4.39 Å². The number of carbonyl (C=O) groups is 1. The van der Waals surface area contributed by atoms with E-state index in [-0.39, 0.29) is 5.82 Å². The molecule has 0 N–H and O–H groups in total. The number of rotatable bonds is 7. The standard InChI is InChI=1S/C18H20FNO3/c1-20(17(12-21)13-4-7-15(19)8-5-13)11-14-6-9-16(22-2)10-18(14)23-3/h4-10,12,17H,11H2,1-3H3/t17-/m1/s1. The van der Waals surface area contributed by atoms with Crippen LogP contribution in [0.5, 0.6) is 11.5 Å². The van der Waals surface area contributed by atoms with Crippen LogP contribution < -0.4 is 9.47 Å². The van der Waals surface area contributed by atoms with Crippen LogP contribution in [-0.4, -0.2) is 32.5 Å². The molecule has 2 aromatic carbocycles. The first-order valence-corrected chi connectivity index (χ1v) is 7.21. The molecule has 0 saturated heterocycles. The number of likely N-dealkylation sites (N-methyl/N-ethyl adjacent to an activating group) is 1. The quantitative estimate of drug-likeness (QED) is 0.735. The molecule has 0 aromatic heterocycles. The molecule has 0 heterocycles. The first kappa shape index (κ1) is 17.0. The van der Waals surface area contributed by atoms with Crippen LogP contribution >= 0.6 is 0 Å². The SMILES string of the molecule is COc1ccc(CN(C)[C@H](C=O)c2ccc(F)cc2)c(OC)c1. The molecule has 1 atom stereocenters. The van der Waals surface area contributed by atoms with Gasteiger partial charge in [-0.05, 0) is 30.8 Å². The highest BCUT2D eigenvalue weighted by atomic mass is 19.1. The minimum atomic E-state index is -0.456. The van der Waals surface area contributed by atoms with E-state index in [9.17, 15) is 9.18 Å². The van der Waals surface area contributed by atoms with Crippen LogP contribution in [0, 0.1) is 5.82 Å². The minimum Gasteiger partial charge on any atom is -0.497 e. The third kappa shape index (κ3) is 4.07. The van der Waals surface area contributed by atoms with Crippen LogP contribution in [0.2, 0.25) is 0 Å². The second-order valence-corrected chi connectivity index (χ2v) is 5.23. The Labute approximate surface area is 135 Å². The van der Waals surface area contributed by atoms with Crippen molar-refractivity contribution in [1.82, 2.24) is 4.90 Å². The number of halogens is 1. The van der Waals surface area contributed by atoms with Crippen LogP contribution in [0.15, 0.2) is 42.5 Å². The molecule has 0 radical (unpaired) electrons. The molecule has 2 rings (SSSR count). The Morgan fingerprint density at radius 3 is 2.39 bits per heavy atom. The molecular weight excluding hydrogens is 297 g/mol. The third-order valence-electron chi connectivity index (χ3n) is 3.73. The van der Waals surface area contributed by atoms with Gasteiger partial charge in [-0.25, -0.2) is 4.39 Å². The summed E-state index contributed by atoms with van der Waals surface area (Å²) < 4.78 is 23.6. The molecule has 0 aliphatic carbocycles. The molecule has 2 aromatic rings. The Morgan fingerprint density at radius 1 is 1.13 bits per heavy atom. The molecule has 0 bridgehead atoms. The largest absolute Gasteiger partial charge is 0.497 e. The summed E-state index contributed by atoms with van der Waals surface area (Å²) >= 11 is 0. The average molecular weight is 317 g/mol. The lowest BCUT2D eigenvalue weighted by atomic mass is 10.1. The maximum atomic E-state index is 13.0. The normalized spacial score (nSPS) is 12.0. The van der Waals surface area contributed by atoms with Gasteiger partial charge in [0.15, 0.2) is 0 Å². The molecule has 0 aliphatic heterocycles. The average Bonchev–Trinajstić information content (AvgIpc) is 2.57. The van der Waals surface area contributed by atoms with E-state index in [1.807, 2.05) is 24.1 Å². The molecule has 0 spiro atoms. The summed E-state index contributed by atoms with van der Waals surface area (Å²) in [7, 11) is 5.03. The van der Waals surface area contributed by atoms with E-state index in [1.165, 1.54) is 12.1 Å². The molecule has 0 fully saturated rings. The number of ether oxygens (including phenoxy) is 2. The van der Waals surface area contributed by atoms with Crippen molar-refractivity contribution in [3.8, 4) is 11.5 Å². The van der Waals surface area contributed by atoms with E-state index in [0.29, 0.717) is 18.0 Å². The number of carbonyl (C=O) groups excluding carboxylic acids is 1. The molecule has 0 unspecified atom stereocenters. The van der Waals surface area contributed by atoms with E-state index in [1.54, 1.807) is 32.4 Å². The van der Waals surface area contributed by atoms with Crippen LogP contribution in [0.3, 0.4) is 0 Å². The fraction of sp³-hybridized carbons (Fsp3) is 0.278. The van der Waals surface area contributed by atoms with Crippen LogP contribution in [-0.2, 0) is 11.3 Å².